The van der Waals surface area contributed by atoms with Gasteiger partial charge in [0.2, 0.25) is 5.91 Å². The van der Waals surface area contributed by atoms with Crippen molar-refractivity contribution in [3.05, 3.63) is 27.8 Å². The van der Waals surface area contributed by atoms with Crippen LogP contribution < -0.4 is 5.32 Å². The number of hydrogen-bond donors (Lipinski definition) is 2. The van der Waals surface area contributed by atoms with Crippen LogP contribution in [0.2, 0.25) is 0 Å². The van der Waals surface area contributed by atoms with Crippen LogP contribution in [0, 0.1) is 3.57 Å². The molecule has 0 saturated carbocycles. The number of carbonyl (C=O) groups is 1. The second kappa shape index (κ2) is 7.62. The van der Waals surface area contributed by atoms with Crippen LogP contribution in [0.5, 0.6) is 0 Å². The van der Waals surface area contributed by atoms with Crippen LogP contribution in [-0.4, -0.2) is 42.2 Å². The van der Waals surface area contributed by atoms with Gasteiger partial charge in [-0.3, -0.25) is 9.69 Å². The number of hydrogen-bond acceptors (Lipinski definition) is 3. The molecule has 1 rings (SSSR count). The summed E-state index contributed by atoms with van der Waals surface area (Å²) >= 11 is 2.22. The van der Waals surface area contributed by atoms with Crippen molar-refractivity contribution in [2.75, 3.05) is 31.6 Å². The second-order valence-corrected chi connectivity index (χ2v) is 4.89. The molecule has 0 aromatic heterocycles. The molecule has 0 atom stereocenters. The quantitative estimate of drug-likeness (QED) is 0.767. The summed E-state index contributed by atoms with van der Waals surface area (Å²) in [5.41, 5.74) is 0.801. The van der Waals surface area contributed by atoms with Crippen LogP contribution in [-0.2, 0) is 4.79 Å². The van der Waals surface area contributed by atoms with Gasteiger partial charge >= 0.3 is 0 Å². The molecule has 0 unspecified atom stereocenters. The first-order valence-corrected chi connectivity index (χ1v) is 6.62. The molecule has 2 N–H and O–H groups in total. The molecule has 0 radical (unpaired) electrons. The summed E-state index contributed by atoms with van der Waals surface area (Å²) in [6.07, 6.45) is 0. The lowest BCUT2D eigenvalue weighted by molar-refractivity contribution is -0.117. The molecule has 94 valence electrons. The first kappa shape index (κ1) is 14.4. The maximum absolute atomic E-state index is 11.7. The maximum Gasteiger partial charge on any atom is 0.238 e. The van der Waals surface area contributed by atoms with E-state index in [0.29, 0.717) is 13.1 Å². The van der Waals surface area contributed by atoms with Gasteiger partial charge < -0.3 is 10.4 Å². The lowest BCUT2D eigenvalue weighted by Crippen LogP contribution is -2.35. The third kappa shape index (κ3) is 5.47. The largest absolute Gasteiger partial charge is 0.395 e. The summed E-state index contributed by atoms with van der Waals surface area (Å²) in [4.78, 5) is 13.6. The number of carbonyl (C=O) groups excluding carboxylic acids is 1. The highest BCUT2D eigenvalue weighted by Crippen LogP contribution is 2.10. The van der Waals surface area contributed by atoms with Gasteiger partial charge in [-0.1, -0.05) is 6.92 Å². The number of aliphatic hydroxyl groups excluding tert-OH is 1. The van der Waals surface area contributed by atoms with E-state index in [2.05, 4.69) is 27.9 Å². The second-order valence-electron chi connectivity index (χ2n) is 3.65. The van der Waals surface area contributed by atoms with E-state index in [0.717, 1.165) is 15.8 Å². The van der Waals surface area contributed by atoms with Gasteiger partial charge in [-0.15, -0.1) is 0 Å². The number of benzene rings is 1. The van der Waals surface area contributed by atoms with Crippen molar-refractivity contribution in [1.29, 1.82) is 0 Å². The highest BCUT2D eigenvalue weighted by atomic mass is 127. The molecule has 0 heterocycles. The van der Waals surface area contributed by atoms with Crippen molar-refractivity contribution in [2.24, 2.45) is 0 Å². The highest BCUT2D eigenvalue weighted by Gasteiger charge is 2.08. The molecule has 0 spiro atoms. The average Bonchev–Trinajstić information content (AvgIpc) is 2.31. The van der Waals surface area contributed by atoms with Crippen LogP contribution in [0.4, 0.5) is 5.69 Å². The zero-order valence-corrected chi connectivity index (χ0v) is 12.0. The smallest absolute Gasteiger partial charge is 0.238 e. The normalized spacial score (nSPS) is 10.6. The summed E-state index contributed by atoms with van der Waals surface area (Å²) in [6, 6.07) is 7.65. The SMILES string of the molecule is CCN(CCO)CC(=O)Nc1ccc(I)cc1. The Kier molecular flexibility index (Phi) is 6.46. The molecule has 0 saturated heterocycles. The van der Waals surface area contributed by atoms with Crippen LogP contribution in [0.1, 0.15) is 6.92 Å². The van der Waals surface area contributed by atoms with Gasteiger partial charge in [0.15, 0.2) is 0 Å². The number of amides is 1. The molecule has 0 aliphatic heterocycles. The Bertz CT molecular complexity index is 354. The molecule has 0 fully saturated rings. The van der Waals surface area contributed by atoms with Gasteiger partial charge in [0.05, 0.1) is 13.2 Å². The van der Waals surface area contributed by atoms with E-state index in [-0.39, 0.29) is 12.5 Å². The Morgan fingerprint density at radius 2 is 2.06 bits per heavy atom. The number of rotatable bonds is 6. The van der Waals surface area contributed by atoms with Crippen molar-refractivity contribution in [1.82, 2.24) is 4.90 Å². The van der Waals surface area contributed by atoms with Gasteiger partial charge in [-0.05, 0) is 53.4 Å². The first-order valence-electron chi connectivity index (χ1n) is 5.54. The van der Waals surface area contributed by atoms with Crippen LogP contribution >= 0.6 is 22.6 Å². The number of nitrogens with zero attached hydrogens (tertiary/aromatic N) is 1. The molecule has 4 nitrogen and oxygen atoms in total. The van der Waals surface area contributed by atoms with E-state index in [4.69, 9.17) is 5.11 Å². The Balaban J connectivity index is 2.46. The predicted octanol–water partition coefficient (Wildman–Crippen LogP) is 1.54. The van der Waals surface area contributed by atoms with E-state index in [1.165, 1.54) is 0 Å². The molecule has 0 bridgehead atoms. The molecule has 5 heteroatoms. The highest BCUT2D eigenvalue weighted by molar-refractivity contribution is 14.1. The van der Waals surface area contributed by atoms with Crippen molar-refractivity contribution in [3.63, 3.8) is 0 Å². The molecule has 1 aromatic rings. The molecular weight excluding hydrogens is 331 g/mol. The zero-order valence-electron chi connectivity index (χ0n) is 9.82. The lowest BCUT2D eigenvalue weighted by atomic mass is 10.3. The number of anilines is 1. The van der Waals surface area contributed by atoms with Crippen molar-refractivity contribution >= 4 is 34.2 Å². The maximum atomic E-state index is 11.7. The molecular formula is C12H17IN2O2. The van der Waals surface area contributed by atoms with E-state index in [1.807, 2.05) is 36.1 Å². The number of likely N-dealkylation sites (N-methyl/N-ethyl adjacent to an activating group) is 1. The fraction of sp³-hybridized carbons (Fsp3) is 0.417. The van der Waals surface area contributed by atoms with E-state index in [1.54, 1.807) is 0 Å². The Labute approximate surface area is 115 Å². The number of halogens is 1. The van der Waals surface area contributed by atoms with Crippen molar-refractivity contribution in [2.45, 2.75) is 6.92 Å². The van der Waals surface area contributed by atoms with Gasteiger partial charge in [0.25, 0.3) is 0 Å². The average molecular weight is 348 g/mol. The molecule has 1 aromatic carbocycles. The molecule has 1 amide bonds. The van der Waals surface area contributed by atoms with E-state index < -0.39 is 0 Å². The van der Waals surface area contributed by atoms with E-state index in [9.17, 15) is 4.79 Å². The summed E-state index contributed by atoms with van der Waals surface area (Å²) in [5, 5.41) is 11.7. The Hall–Kier alpha value is -0.660. The monoisotopic (exact) mass is 348 g/mol. The van der Waals surface area contributed by atoms with Crippen molar-refractivity contribution in [3.8, 4) is 0 Å². The minimum atomic E-state index is -0.0542. The third-order valence-corrected chi connectivity index (χ3v) is 3.08. The van der Waals surface area contributed by atoms with Gasteiger partial charge in [-0.2, -0.15) is 0 Å². The summed E-state index contributed by atoms with van der Waals surface area (Å²) in [6.45, 7) is 3.62. The third-order valence-electron chi connectivity index (χ3n) is 2.36. The van der Waals surface area contributed by atoms with Crippen molar-refractivity contribution < 1.29 is 9.90 Å². The summed E-state index contributed by atoms with van der Waals surface area (Å²) in [7, 11) is 0. The van der Waals surface area contributed by atoms with Gasteiger partial charge in [-0.25, -0.2) is 0 Å². The minimum absolute atomic E-state index is 0.0542. The Morgan fingerprint density at radius 3 is 2.59 bits per heavy atom. The minimum Gasteiger partial charge on any atom is -0.395 e. The topological polar surface area (TPSA) is 52.6 Å². The fourth-order valence-electron chi connectivity index (χ4n) is 1.43. The van der Waals surface area contributed by atoms with Gasteiger partial charge in [0.1, 0.15) is 0 Å². The Morgan fingerprint density at radius 1 is 1.41 bits per heavy atom. The zero-order chi connectivity index (χ0) is 12.7. The fourth-order valence-corrected chi connectivity index (χ4v) is 1.79. The molecule has 17 heavy (non-hydrogen) atoms. The number of aliphatic hydroxyl groups is 1. The van der Waals surface area contributed by atoms with Crippen LogP contribution in [0.25, 0.3) is 0 Å². The predicted molar refractivity (Wildman–Crippen MR) is 77.0 cm³/mol. The van der Waals surface area contributed by atoms with E-state index >= 15 is 0 Å². The standard InChI is InChI=1S/C12H17IN2O2/c1-2-15(7-8-16)9-12(17)14-11-5-3-10(13)4-6-11/h3-6,16H,2,7-9H2,1H3,(H,14,17). The molecule has 0 aliphatic carbocycles. The summed E-state index contributed by atoms with van der Waals surface area (Å²) in [5.74, 6) is -0.0542. The molecule has 0 aliphatic rings. The first-order chi connectivity index (χ1) is 8.15. The lowest BCUT2D eigenvalue weighted by Gasteiger charge is -2.18. The summed E-state index contributed by atoms with van der Waals surface area (Å²) < 4.78 is 1.14. The van der Waals surface area contributed by atoms with Gasteiger partial charge in [0, 0.05) is 15.8 Å². The number of nitrogens with one attached hydrogen (secondary N) is 1. The van der Waals surface area contributed by atoms with Crippen LogP contribution in [0.15, 0.2) is 24.3 Å². The van der Waals surface area contributed by atoms with Crippen LogP contribution in [0.3, 0.4) is 0 Å².